The monoisotopic (exact) mass is 252 g/mol. The molecule has 0 bridgehead atoms. The number of hydrogen-bond donors (Lipinski definition) is 1. The number of aliphatic hydroxyl groups is 1. The normalized spacial score (nSPS) is 12.5. The van der Waals surface area contributed by atoms with Gasteiger partial charge in [-0.3, -0.25) is 0 Å². The van der Waals surface area contributed by atoms with Crippen LogP contribution in [-0.4, -0.2) is 5.11 Å². The molecule has 1 N–H and O–H groups in total. The number of hydrogen-bond acceptors (Lipinski definition) is 1. The second kappa shape index (κ2) is 4.82. The van der Waals surface area contributed by atoms with E-state index < -0.39 is 23.6 Å². The van der Waals surface area contributed by atoms with E-state index in [1.807, 2.05) is 13.0 Å². The molecule has 0 saturated heterocycles. The number of halogens is 3. The third-order valence-electron chi connectivity index (χ3n) is 2.72. The molecule has 0 aliphatic rings. The van der Waals surface area contributed by atoms with Crippen molar-refractivity contribution < 1.29 is 18.3 Å². The summed E-state index contributed by atoms with van der Waals surface area (Å²) in [6, 6.07) is 8.61. The van der Waals surface area contributed by atoms with Crippen LogP contribution in [0.3, 0.4) is 0 Å². The average molecular weight is 252 g/mol. The number of aryl methyl sites for hydroxylation is 1. The fraction of sp³-hybridized carbons (Fsp3) is 0.143. The first-order valence-electron chi connectivity index (χ1n) is 5.38. The number of rotatable bonds is 2. The van der Waals surface area contributed by atoms with Crippen molar-refractivity contribution in [3.63, 3.8) is 0 Å². The molecule has 0 spiro atoms. The van der Waals surface area contributed by atoms with Crippen LogP contribution in [0.15, 0.2) is 36.4 Å². The molecule has 0 fully saturated rings. The minimum Gasteiger partial charge on any atom is -0.384 e. The molecule has 0 aliphatic carbocycles. The maximum absolute atomic E-state index is 13.5. The molecular formula is C14H11F3O. The highest BCUT2D eigenvalue weighted by Crippen LogP contribution is 2.27. The van der Waals surface area contributed by atoms with Crippen LogP contribution in [0.25, 0.3) is 0 Å². The minimum absolute atomic E-state index is 0.278. The molecule has 1 nitrogen and oxygen atoms in total. The fourth-order valence-corrected chi connectivity index (χ4v) is 1.77. The lowest BCUT2D eigenvalue weighted by Gasteiger charge is -2.13. The van der Waals surface area contributed by atoms with Gasteiger partial charge in [0.2, 0.25) is 0 Å². The topological polar surface area (TPSA) is 20.2 Å². The van der Waals surface area contributed by atoms with Crippen molar-refractivity contribution >= 4 is 0 Å². The molecule has 0 heterocycles. The Morgan fingerprint density at radius 3 is 2.39 bits per heavy atom. The molecule has 0 amide bonds. The summed E-state index contributed by atoms with van der Waals surface area (Å²) in [6.07, 6.45) is -1.32. The lowest BCUT2D eigenvalue weighted by molar-refractivity contribution is 0.212. The molecule has 2 rings (SSSR count). The second-order valence-electron chi connectivity index (χ2n) is 4.08. The molecule has 4 heteroatoms. The van der Waals surface area contributed by atoms with Crippen LogP contribution in [0, 0.1) is 24.4 Å². The highest BCUT2D eigenvalue weighted by Gasteiger charge is 2.20. The minimum atomic E-state index is -1.57. The van der Waals surface area contributed by atoms with E-state index in [-0.39, 0.29) is 5.56 Å². The summed E-state index contributed by atoms with van der Waals surface area (Å²) in [5.74, 6) is -4.20. The van der Waals surface area contributed by atoms with Gasteiger partial charge in [0.05, 0.1) is 0 Å². The first kappa shape index (κ1) is 12.6. The van der Waals surface area contributed by atoms with Crippen LogP contribution in [0.2, 0.25) is 0 Å². The maximum Gasteiger partial charge on any atom is 0.194 e. The van der Waals surface area contributed by atoms with Crippen molar-refractivity contribution in [1.82, 2.24) is 0 Å². The summed E-state index contributed by atoms with van der Waals surface area (Å²) in [7, 11) is 0. The van der Waals surface area contributed by atoms with Gasteiger partial charge in [0, 0.05) is 5.56 Å². The van der Waals surface area contributed by atoms with Crippen LogP contribution in [0.4, 0.5) is 13.2 Å². The maximum atomic E-state index is 13.5. The third-order valence-corrected chi connectivity index (χ3v) is 2.72. The molecule has 0 saturated carbocycles. The Kier molecular flexibility index (Phi) is 3.39. The van der Waals surface area contributed by atoms with Gasteiger partial charge in [-0.15, -0.1) is 0 Å². The molecule has 0 radical (unpaired) electrons. The van der Waals surface area contributed by atoms with E-state index in [1.165, 1.54) is 0 Å². The van der Waals surface area contributed by atoms with Crippen molar-refractivity contribution in [2.24, 2.45) is 0 Å². The van der Waals surface area contributed by atoms with E-state index in [4.69, 9.17) is 0 Å². The Hall–Kier alpha value is -1.81. The molecule has 0 aliphatic heterocycles. The van der Waals surface area contributed by atoms with E-state index in [0.29, 0.717) is 5.56 Å². The summed E-state index contributed by atoms with van der Waals surface area (Å²) < 4.78 is 39.4. The quantitative estimate of drug-likeness (QED) is 0.811. The lowest BCUT2D eigenvalue weighted by atomic mass is 9.99. The van der Waals surface area contributed by atoms with Gasteiger partial charge in [0.15, 0.2) is 17.5 Å². The molecule has 1 atom stereocenters. The van der Waals surface area contributed by atoms with Crippen molar-refractivity contribution in [2.75, 3.05) is 0 Å². The Labute approximate surface area is 103 Å². The molecule has 1 unspecified atom stereocenters. The van der Waals surface area contributed by atoms with Gasteiger partial charge in [-0.2, -0.15) is 0 Å². The van der Waals surface area contributed by atoms with Crippen LogP contribution in [0.5, 0.6) is 0 Å². The van der Waals surface area contributed by atoms with Crippen molar-refractivity contribution in [1.29, 1.82) is 0 Å². The van der Waals surface area contributed by atoms with Gasteiger partial charge in [0.1, 0.15) is 6.10 Å². The van der Waals surface area contributed by atoms with Crippen molar-refractivity contribution in [3.8, 4) is 0 Å². The zero-order chi connectivity index (χ0) is 13.3. The van der Waals surface area contributed by atoms with Crippen molar-refractivity contribution in [2.45, 2.75) is 13.0 Å². The third kappa shape index (κ3) is 2.24. The largest absolute Gasteiger partial charge is 0.384 e. The van der Waals surface area contributed by atoms with Crippen LogP contribution in [0.1, 0.15) is 22.8 Å². The van der Waals surface area contributed by atoms with Gasteiger partial charge in [0.25, 0.3) is 0 Å². The van der Waals surface area contributed by atoms with Crippen LogP contribution >= 0.6 is 0 Å². The molecule has 2 aromatic rings. The fourth-order valence-electron chi connectivity index (χ4n) is 1.77. The van der Waals surface area contributed by atoms with Gasteiger partial charge in [-0.1, -0.05) is 35.9 Å². The molecular weight excluding hydrogens is 241 g/mol. The predicted octanol–water partition coefficient (Wildman–Crippen LogP) is 3.49. The highest BCUT2D eigenvalue weighted by molar-refractivity contribution is 5.33. The zero-order valence-corrected chi connectivity index (χ0v) is 9.62. The van der Waals surface area contributed by atoms with Gasteiger partial charge in [-0.25, -0.2) is 13.2 Å². The van der Waals surface area contributed by atoms with Crippen molar-refractivity contribution in [3.05, 3.63) is 70.5 Å². The Bertz CT molecular complexity index is 581. The molecule has 0 aromatic heterocycles. The summed E-state index contributed by atoms with van der Waals surface area (Å²) in [5, 5.41) is 9.98. The Morgan fingerprint density at radius 1 is 1.00 bits per heavy atom. The smallest absolute Gasteiger partial charge is 0.194 e. The lowest BCUT2D eigenvalue weighted by Crippen LogP contribution is -2.05. The van der Waals surface area contributed by atoms with E-state index >= 15 is 0 Å². The average Bonchev–Trinajstić information content (AvgIpc) is 2.35. The SMILES string of the molecule is Cc1cccc(C(O)c2ccc(F)c(F)c2F)c1. The van der Waals surface area contributed by atoms with E-state index in [9.17, 15) is 18.3 Å². The molecule has 94 valence electrons. The van der Waals surface area contributed by atoms with E-state index in [0.717, 1.165) is 17.7 Å². The van der Waals surface area contributed by atoms with E-state index in [1.54, 1.807) is 18.2 Å². The van der Waals surface area contributed by atoms with Gasteiger partial charge < -0.3 is 5.11 Å². The Morgan fingerprint density at radius 2 is 1.72 bits per heavy atom. The van der Waals surface area contributed by atoms with Gasteiger partial charge in [-0.05, 0) is 18.6 Å². The first-order chi connectivity index (χ1) is 8.50. The number of aliphatic hydroxyl groups excluding tert-OH is 1. The predicted molar refractivity (Wildman–Crippen MR) is 61.6 cm³/mol. The summed E-state index contributed by atoms with van der Waals surface area (Å²) in [6.45, 7) is 1.82. The number of benzene rings is 2. The van der Waals surface area contributed by atoms with Gasteiger partial charge >= 0.3 is 0 Å². The molecule has 18 heavy (non-hydrogen) atoms. The van der Waals surface area contributed by atoms with Crippen LogP contribution in [-0.2, 0) is 0 Å². The first-order valence-corrected chi connectivity index (χ1v) is 5.38. The standard InChI is InChI=1S/C14H11F3O/c1-8-3-2-4-9(7-8)14(18)10-5-6-11(15)13(17)12(10)16/h2-7,14,18H,1H3. The summed E-state index contributed by atoms with van der Waals surface area (Å²) in [4.78, 5) is 0. The molecule has 2 aromatic carbocycles. The summed E-state index contributed by atoms with van der Waals surface area (Å²) in [5.41, 5.74) is 1.04. The second-order valence-corrected chi connectivity index (χ2v) is 4.08. The zero-order valence-electron chi connectivity index (χ0n) is 9.62. The Balaban J connectivity index is 2.46. The summed E-state index contributed by atoms with van der Waals surface area (Å²) >= 11 is 0. The van der Waals surface area contributed by atoms with Crippen LogP contribution < -0.4 is 0 Å². The highest BCUT2D eigenvalue weighted by atomic mass is 19.2. The van der Waals surface area contributed by atoms with E-state index in [2.05, 4.69) is 0 Å².